The van der Waals surface area contributed by atoms with Crippen LogP contribution >= 0.6 is 0 Å². The van der Waals surface area contributed by atoms with Gasteiger partial charge >= 0.3 is 0 Å². The third-order valence-corrected chi connectivity index (χ3v) is 7.16. The fourth-order valence-corrected chi connectivity index (χ4v) is 4.80. The number of anilines is 1. The number of amides is 2. The molecule has 9 heteroatoms. The van der Waals surface area contributed by atoms with Crippen molar-refractivity contribution in [1.29, 1.82) is 0 Å². The second-order valence-electron chi connectivity index (χ2n) is 8.94. The van der Waals surface area contributed by atoms with Gasteiger partial charge < -0.3 is 15.0 Å². The van der Waals surface area contributed by atoms with Gasteiger partial charge in [0, 0.05) is 26.1 Å². The van der Waals surface area contributed by atoms with Gasteiger partial charge in [-0.05, 0) is 44.4 Å². The van der Waals surface area contributed by atoms with E-state index in [4.69, 9.17) is 4.74 Å². The predicted molar refractivity (Wildman–Crippen MR) is 144 cm³/mol. The molecule has 36 heavy (non-hydrogen) atoms. The van der Waals surface area contributed by atoms with Crippen LogP contribution in [0, 0.1) is 6.92 Å². The smallest absolute Gasteiger partial charge is 0.242 e. The Bertz CT molecular complexity index is 1100. The van der Waals surface area contributed by atoms with Crippen LogP contribution in [0.15, 0.2) is 48.5 Å². The average Bonchev–Trinajstić information content (AvgIpc) is 2.85. The predicted octanol–water partition coefficient (Wildman–Crippen LogP) is 3.88. The van der Waals surface area contributed by atoms with E-state index in [2.05, 4.69) is 5.32 Å². The Labute approximate surface area is 215 Å². The van der Waals surface area contributed by atoms with Crippen molar-refractivity contribution < 1.29 is 22.7 Å². The number of carbonyl (C=O) groups is 2. The fraction of sp³-hybridized carbons (Fsp3) is 0.481. The lowest BCUT2D eigenvalue weighted by atomic mass is 10.1. The Hall–Kier alpha value is -3.07. The number of carbonyl (C=O) groups excluding carboxylic acids is 2. The molecule has 0 aromatic heterocycles. The summed E-state index contributed by atoms with van der Waals surface area (Å²) < 4.78 is 31.6. The van der Waals surface area contributed by atoms with Gasteiger partial charge in [0.15, 0.2) is 0 Å². The number of hydrogen-bond acceptors (Lipinski definition) is 5. The number of aryl methyl sites for hydroxylation is 1. The first-order valence-electron chi connectivity index (χ1n) is 12.3. The molecule has 0 aliphatic heterocycles. The summed E-state index contributed by atoms with van der Waals surface area (Å²) in [6.45, 7) is 6.74. The van der Waals surface area contributed by atoms with Gasteiger partial charge in [-0.3, -0.25) is 13.9 Å². The van der Waals surface area contributed by atoms with Crippen molar-refractivity contribution in [3.8, 4) is 5.75 Å². The summed E-state index contributed by atoms with van der Waals surface area (Å²) in [7, 11) is -2.11. The average molecular weight is 518 g/mol. The van der Waals surface area contributed by atoms with Crippen molar-refractivity contribution in [2.45, 2.75) is 59.0 Å². The summed E-state index contributed by atoms with van der Waals surface area (Å²) in [6.07, 6.45) is 3.35. The van der Waals surface area contributed by atoms with Crippen molar-refractivity contribution in [2.24, 2.45) is 0 Å². The Morgan fingerprint density at radius 3 is 2.33 bits per heavy atom. The number of para-hydroxylation sites is 2. The van der Waals surface area contributed by atoms with Crippen LogP contribution in [0.5, 0.6) is 5.75 Å². The van der Waals surface area contributed by atoms with Gasteiger partial charge in [-0.15, -0.1) is 0 Å². The Balaban J connectivity index is 2.16. The summed E-state index contributed by atoms with van der Waals surface area (Å²) in [5, 5.41) is 2.91. The van der Waals surface area contributed by atoms with E-state index in [-0.39, 0.29) is 24.8 Å². The summed E-state index contributed by atoms with van der Waals surface area (Å²) >= 11 is 0. The van der Waals surface area contributed by atoms with Crippen LogP contribution in [-0.2, 0) is 26.2 Å². The number of benzene rings is 2. The van der Waals surface area contributed by atoms with Crippen LogP contribution < -0.4 is 14.4 Å². The first kappa shape index (κ1) is 29.2. The quantitative estimate of drug-likeness (QED) is 0.384. The number of rotatable bonds is 14. The standard InChI is InChI=1S/C27H39N3O5S/c1-6-7-18-28-27(32)22(3)29(20-23-16-14-21(2)15-17-23)26(31)13-10-19-30(36(5,33)34)24-11-8-9-12-25(24)35-4/h8-9,11-12,14-17,22H,6-7,10,13,18-20H2,1-5H3,(H,28,32)/t22-/m1/s1. The molecule has 0 spiro atoms. The Morgan fingerprint density at radius 1 is 1.06 bits per heavy atom. The zero-order valence-electron chi connectivity index (χ0n) is 22.0. The van der Waals surface area contributed by atoms with Crippen LogP contribution in [0.4, 0.5) is 5.69 Å². The molecule has 0 aliphatic carbocycles. The topological polar surface area (TPSA) is 96.0 Å². The van der Waals surface area contributed by atoms with Gasteiger partial charge in [0.25, 0.3) is 0 Å². The lowest BCUT2D eigenvalue weighted by molar-refractivity contribution is -0.140. The molecule has 2 rings (SSSR count). The lowest BCUT2D eigenvalue weighted by Crippen LogP contribution is -2.48. The van der Waals surface area contributed by atoms with E-state index in [1.807, 2.05) is 38.1 Å². The number of nitrogens with one attached hydrogen (secondary N) is 1. The summed E-state index contributed by atoms with van der Waals surface area (Å²) in [5.74, 6) is 0.0329. The monoisotopic (exact) mass is 517 g/mol. The largest absolute Gasteiger partial charge is 0.495 e. The number of methoxy groups -OCH3 is 1. The number of hydrogen-bond donors (Lipinski definition) is 1. The lowest BCUT2D eigenvalue weighted by Gasteiger charge is -2.29. The molecule has 8 nitrogen and oxygen atoms in total. The van der Waals surface area contributed by atoms with E-state index < -0.39 is 16.1 Å². The number of nitrogens with zero attached hydrogens (tertiary/aromatic N) is 2. The van der Waals surface area contributed by atoms with E-state index in [9.17, 15) is 18.0 Å². The van der Waals surface area contributed by atoms with Crippen LogP contribution in [0.3, 0.4) is 0 Å². The third-order valence-electron chi connectivity index (χ3n) is 5.98. The fourth-order valence-electron chi connectivity index (χ4n) is 3.83. The van der Waals surface area contributed by atoms with Crippen LogP contribution in [-0.4, -0.2) is 57.6 Å². The van der Waals surface area contributed by atoms with Crippen molar-refractivity contribution in [3.63, 3.8) is 0 Å². The minimum Gasteiger partial charge on any atom is -0.495 e. The second-order valence-corrected chi connectivity index (χ2v) is 10.8. The van der Waals surface area contributed by atoms with Crippen molar-refractivity contribution in [1.82, 2.24) is 10.2 Å². The van der Waals surface area contributed by atoms with E-state index in [1.165, 1.54) is 11.4 Å². The van der Waals surface area contributed by atoms with Crippen molar-refractivity contribution in [3.05, 3.63) is 59.7 Å². The van der Waals surface area contributed by atoms with Crippen molar-refractivity contribution in [2.75, 3.05) is 30.8 Å². The SMILES string of the molecule is CCCCNC(=O)[C@@H](C)N(Cc1ccc(C)cc1)C(=O)CCCN(c1ccccc1OC)S(C)(=O)=O. The molecule has 0 saturated carbocycles. The number of sulfonamides is 1. The minimum absolute atomic E-state index is 0.0968. The zero-order valence-corrected chi connectivity index (χ0v) is 22.8. The highest BCUT2D eigenvalue weighted by molar-refractivity contribution is 7.92. The molecule has 0 unspecified atom stereocenters. The Morgan fingerprint density at radius 2 is 1.72 bits per heavy atom. The molecule has 0 heterocycles. The summed E-state index contributed by atoms with van der Waals surface area (Å²) in [5.41, 5.74) is 2.46. The summed E-state index contributed by atoms with van der Waals surface area (Å²) in [6, 6.07) is 14.1. The number of ether oxygens (including phenoxy) is 1. The molecular weight excluding hydrogens is 478 g/mol. The minimum atomic E-state index is -3.60. The van der Waals surface area contributed by atoms with Crippen molar-refractivity contribution >= 4 is 27.5 Å². The maximum atomic E-state index is 13.3. The van der Waals surface area contributed by atoms with Gasteiger partial charge in [0.05, 0.1) is 19.1 Å². The van der Waals surface area contributed by atoms with Gasteiger partial charge in [-0.1, -0.05) is 55.3 Å². The first-order chi connectivity index (χ1) is 17.1. The highest BCUT2D eigenvalue weighted by Crippen LogP contribution is 2.29. The molecule has 0 aliphatic rings. The molecule has 0 fully saturated rings. The summed E-state index contributed by atoms with van der Waals surface area (Å²) in [4.78, 5) is 27.7. The molecule has 0 bridgehead atoms. The zero-order chi connectivity index (χ0) is 26.7. The van der Waals surface area contributed by atoms with Gasteiger partial charge in [-0.2, -0.15) is 0 Å². The van der Waals surface area contributed by atoms with Crippen LogP contribution in [0.25, 0.3) is 0 Å². The van der Waals surface area contributed by atoms with Crippen LogP contribution in [0.2, 0.25) is 0 Å². The van der Waals surface area contributed by atoms with Gasteiger partial charge in [-0.25, -0.2) is 8.42 Å². The molecular formula is C27H39N3O5S. The molecule has 198 valence electrons. The van der Waals surface area contributed by atoms with E-state index >= 15 is 0 Å². The molecule has 2 amide bonds. The van der Waals surface area contributed by atoms with E-state index in [1.54, 1.807) is 36.1 Å². The highest BCUT2D eigenvalue weighted by atomic mass is 32.2. The normalized spacial score (nSPS) is 12.0. The first-order valence-corrected chi connectivity index (χ1v) is 14.2. The molecule has 2 aromatic carbocycles. The molecule has 1 N–H and O–H groups in total. The maximum Gasteiger partial charge on any atom is 0.242 e. The second kappa shape index (κ2) is 13.9. The van der Waals surface area contributed by atoms with Gasteiger partial charge in [0.1, 0.15) is 11.8 Å². The number of unbranched alkanes of at least 4 members (excludes halogenated alkanes) is 1. The molecule has 0 saturated heterocycles. The van der Waals surface area contributed by atoms with Crippen LogP contribution in [0.1, 0.15) is 50.7 Å². The van der Waals surface area contributed by atoms with E-state index in [0.29, 0.717) is 30.9 Å². The third kappa shape index (κ3) is 8.55. The molecule has 0 radical (unpaired) electrons. The Kier molecular flexibility index (Phi) is 11.2. The maximum absolute atomic E-state index is 13.3. The molecule has 1 atom stereocenters. The molecule has 2 aromatic rings. The highest BCUT2D eigenvalue weighted by Gasteiger charge is 2.27. The van der Waals surface area contributed by atoms with Gasteiger partial charge in [0.2, 0.25) is 21.8 Å². The van der Waals surface area contributed by atoms with E-state index in [0.717, 1.165) is 30.2 Å².